The van der Waals surface area contributed by atoms with E-state index in [2.05, 4.69) is 9.97 Å². The van der Waals surface area contributed by atoms with Crippen molar-refractivity contribution in [2.75, 3.05) is 5.73 Å². The summed E-state index contributed by atoms with van der Waals surface area (Å²) >= 11 is 0.998. The lowest BCUT2D eigenvalue weighted by Crippen LogP contribution is -2.35. The molecule has 5 atom stereocenters. The number of nitrogens with two attached hydrogens (primary N) is 1. The molecule has 1 aliphatic heterocycles. The van der Waals surface area contributed by atoms with Crippen LogP contribution in [0.3, 0.4) is 0 Å². The van der Waals surface area contributed by atoms with Crippen molar-refractivity contribution in [3.63, 3.8) is 0 Å². The van der Waals surface area contributed by atoms with E-state index in [1.165, 1.54) is 10.8 Å². The van der Waals surface area contributed by atoms with Crippen LogP contribution in [-0.2, 0) is 14.3 Å². The predicted octanol–water partition coefficient (Wildman–Crippen LogP) is 2.09. The number of aliphatic hydroxyl groups excluding tert-OH is 1. The maximum atomic E-state index is 12.8. The normalized spacial score (nSPS) is 24.6. The lowest BCUT2D eigenvalue weighted by atomic mass is 9.93. The molecule has 29 heavy (non-hydrogen) atoms. The molecule has 3 N–H and O–H groups in total. The van der Waals surface area contributed by atoms with Gasteiger partial charge in [-0.25, -0.2) is 4.98 Å². The van der Waals surface area contributed by atoms with Gasteiger partial charge in [-0.3, -0.25) is 14.2 Å². The van der Waals surface area contributed by atoms with Crippen molar-refractivity contribution in [1.82, 2.24) is 14.5 Å². The Hall–Kier alpha value is -2.04. The number of esters is 1. The first kappa shape index (κ1) is 21.7. The number of hydrogen-bond acceptors (Lipinski definition) is 9. The summed E-state index contributed by atoms with van der Waals surface area (Å²) in [6, 6.07) is 0. The van der Waals surface area contributed by atoms with Crippen LogP contribution >= 0.6 is 11.3 Å². The topological polar surface area (TPSA) is 130 Å². The summed E-state index contributed by atoms with van der Waals surface area (Å²) in [5, 5.41) is 10.3. The summed E-state index contributed by atoms with van der Waals surface area (Å²) in [6.45, 7) is 8.99. The Kier molecular flexibility index (Phi) is 5.98. The van der Waals surface area contributed by atoms with Gasteiger partial charge in [0.2, 0.25) is 5.95 Å². The van der Waals surface area contributed by atoms with Gasteiger partial charge in [-0.1, -0.05) is 18.3 Å². The minimum atomic E-state index is -0.737. The van der Waals surface area contributed by atoms with Crippen LogP contribution in [0.5, 0.6) is 0 Å². The van der Waals surface area contributed by atoms with Crippen LogP contribution < -0.4 is 10.6 Å². The van der Waals surface area contributed by atoms with E-state index >= 15 is 0 Å². The lowest BCUT2D eigenvalue weighted by Gasteiger charge is -2.27. The molecule has 3 heterocycles. The van der Waals surface area contributed by atoms with Crippen LogP contribution in [0.1, 0.15) is 53.7 Å². The van der Waals surface area contributed by atoms with Gasteiger partial charge in [0.05, 0.1) is 28.5 Å². The minimum Gasteiger partial charge on any atom is -0.462 e. The molecule has 0 radical (unpaired) electrons. The number of hydrogen-bond donors (Lipinski definition) is 2. The second-order valence-electron chi connectivity index (χ2n) is 8.45. The standard InChI is InChI=1S/C19H28N4O5S/c1-6-11(24)12-7-10(9(2)27-16(25)19(3,4)5)15(28-12)23-14-13(29-18(23)26)8-21-17(20)22-14/h8-12,15,24H,6-7H2,1-5H3,(H2,20,21,22)/t9-,10+,11+,12?,15-/m1/s1. The maximum absolute atomic E-state index is 12.8. The Morgan fingerprint density at radius 1 is 1.52 bits per heavy atom. The third-order valence-electron chi connectivity index (χ3n) is 5.17. The van der Waals surface area contributed by atoms with Crippen molar-refractivity contribution in [3.8, 4) is 0 Å². The number of fused-ring (bicyclic) bond motifs is 1. The molecule has 9 nitrogen and oxygen atoms in total. The zero-order valence-electron chi connectivity index (χ0n) is 17.3. The summed E-state index contributed by atoms with van der Waals surface area (Å²) in [5.41, 5.74) is 5.45. The SMILES string of the molecule is CC[C@H](O)C1C[C@@H]([C@@H](C)OC(=O)C(C)(C)C)[C@H](n2c(=O)sc3cnc(N)nc32)O1. The van der Waals surface area contributed by atoms with Crippen LogP contribution in [0.25, 0.3) is 10.3 Å². The van der Waals surface area contributed by atoms with Gasteiger partial charge in [-0.2, -0.15) is 4.98 Å². The average molecular weight is 425 g/mol. The molecule has 10 heteroatoms. The fourth-order valence-corrected chi connectivity index (χ4v) is 4.23. The van der Waals surface area contributed by atoms with Gasteiger partial charge in [0.25, 0.3) is 0 Å². The van der Waals surface area contributed by atoms with Gasteiger partial charge in [0, 0.05) is 5.92 Å². The molecule has 1 aliphatic rings. The minimum absolute atomic E-state index is 0.0518. The molecule has 1 unspecified atom stereocenters. The van der Waals surface area contributed by atoms with E-state index in [0.29, 0.717) is 23.2 Å². The summed E-state index contributed by atoms with van der Waals surface area (Å²) in [6.07, 6.45) is 0.0320. The summed E-state index contributed by atoms with van der Waals surface area (Å²) in [5.74, 6) is -0.618. The van der Waals surface area contributed by atoms with E-state index in [9.17, 15) is 14.7 Å². The highest BCUT2D eigenvalue weighted by Crippen LogP contribution is 2.40. The zero-order chi connectivity index (χ0) is 21.5. The third kappa shape index (κ3) is 4.29. The maximum Gasteiger partial charge on any atom is 0.311 e. The van der Waals surface area contributed by atoms with E-state index in [1.807, 2.05) is 6.92 Å². The molecule has 0 amide bonds. The highest BCUT2D eigenvalue weighted by molar-refractivity contribution is 7.16. The van der Waals surface area contributed by atoms with E-state index < -0.39 is 30.0 Å². The Morgan fingerprint density at radius 2 is 2.21 bits per heavy atom. The van der Waals surface area contributed by atoms with Crippen LogP contribution in [0, 0.1) is 11.3 Å². The smallest absolute Gasteiger partial charge is 0.311 e. The quantitative estimate of drug-likeness (QED) is 0.698. The van der Waals surface area contributed by atoms with E-state index in [-0.39, 0.29) is 22.7 Å². The fraction of sp³-hybridized carbons (Fsp3) is 0.684. The molecule has 0 saturated carbocycles. The Labute approximate surface area is 172 Å². The molecule has 0 aliphatic carbocycles. The molecular formula is C19H28N4O5S. The number of carbonyl (C=O) groups excluding carboxylic acids is 1. The number of anilines is 1. The number of ether oxygens (including phenoxy) is 2. The van der Waals surface area contributed by atoms with Crippen molar-refractivity contribution < 1.29 is 19.4 Å². The van der Waals surface area contributed by atoms with Crippen molar-refractivity contribution in [2.45, 2.75) is 72.0 Å². The first-order valence-electron chi connectivity index (χ1n) is 9.71. The van der Waals surface area contributed by atoms with Crippen molar-refractivity contribution in [2.24, 2.45) is 11.3 Å². The van der Waals surface area contributed by atoms with Crippen LogP contribution in [0.15, 0.2) is 11.0 Å². The van der Waals surface area contributed by atoms with E-state index in [1.54, 1.807) is 27.7 Å². The van der Waals surface area contributed by atoms with Gasteiger partial charge in [0.15, 0.2) is 5.65 Å². The van der Waals surface area contributed by atoms with Gasteiger partial charge >= 0.3 is 10.8 Å². The number of nitrogens with zero attached hydrogens (tertiary/aromatic N) is 3. The van der Waals surface area contributed by atoms with Crippen LogP contribution in [0.4, 0.5) is 5.95 Å². The number of carbonyl (C=O) groups is 1. The monoisotopic (exact) mass is 424 g/mol. The number of aromatic nitrogens is 3. The van der Waals surface area contributed by atoms with Crippen LogP contribution in [0.2, 0.25) is 0 Å². The second-order valence-corrected chi connectivity index (χ2v) is 9.45. The molecule has 0 bridgehead atoms. The van der Waals surface area contributed by atoms with Crippen molar-refractivity contribution in [3.05, 3.63) is 15.9 Å². The molecule has 1 fully saturated rings. The Bertz CT molecular complexity index is 950. The number of nitrogen functional groups attached to an aromatic ring is 1. The average Bonchev–Trinajstić information content (AvgIpc) is 3.20. The van der Waals surface area contributed by atoms with Gasteiger partial charge in [0.1, 0.15) is 12.3 Å². The molecule has 2 aromatic heterocycles. The largest absolute Gasteiger partial charge is 0.462 e. The summed E-state index contributed by atoms with van der Waals surface area (Å²) in [4.78, 5) is 33.0. The number of aliphatic hydroxyl groups is 1. The Balaban J connectivity index is 2.00. The fourth-order valence-electron chi connectivity index (χ4n) is 3.41. The molecule has 0 aromatic carbocycles. The lowest BCUT2D eigenvalue weighted by molar-refractivity contribution is -0.162. The molecular weight excluding hydrogens is 396 g/mol. The molecule has 0 spiro atoms. The number of rotatable bonds is 5. The third-order valence-corrected chi connectivity index (χ3v) is 6.05. The van der Waals surface area contributed by atoms with E-state index in [4.69, 9.17) is 15.2 Å². The number of thiazole rings is 1. The van der Waals surface area contributed by atoms with Crippen molar-refractivity contribution in [1.29, 1.82) is 0 Å². The van der Waals surface area contributed by atoms with Gasteiger partial charge in [-0.15, -0.1) is 0 Å². The Morgan fingerprint density at radius 3 is 2.83 bits per heavy atom. The van der Waals surface area contributed by atoms with E-state index in [0.717, 1.165) is 11.3 Å². The first-order valence-corrected chi connectivity index (χ1v) is 10.5. The first-order chi connectivity index (χ1) is 13.5. The molecule has 160 valence electrons. The molecule has 1 saturated heterocycles. The molecule has 3 rings (SSSR count). The highest BCUT2D eigenvalue weighted by Gasteiger charge is 2.45. The van der Waals surface area contributed by atoms with Crippen molar-refractivity contribution >= 4 is 33.6 Å². The predicted molar refractivity (Wildman–Crippen MR) is 109 cm³/mol. The molecule has 2 aromatic rings. The summed E-state index contributed by atoms with van der Waals surface area (Å²) < 4.78 is 13.8. The van der Waals surface area contributed by atoms with Gasteiger partial charge < -0.3 is 20.3 Å². The van der Waals surface area contributed by atoms with Gasteiger partial charge in [-0.05, 0) is 40.5 Å². The highest BCUT2D eigenvalue weighted by atomic mass is 32.1. The zero-order valence-corrected chi connectivity index (χ0v) is 18.1. The second kappa shape index (κ2) is 8.00. The van der Waals surface area contributed by atoms with Crippen LogP contribution in [-0.4, -0.2) is 43.9 Å². The summed E-state index contributed by atoms with van der Waals surface area (Å²) in [7, 11) is 0.